The lowest BCUT2D eigenvalue weighted by Gasteiger charge is -2.14. The molecule has 0 bridgehead atoms. The maximum absolute atomic E-state index is 13.7. The number of halogens is 3. The molecule has 0 fully saturated rings. The maximum Gasteiger partial charge on any atom is 0.165 e. The molecule has 0 aliphatic carbocycles. The number of methoxy groups -OCH3 is 1. The predicted molar refractivity (Wildman–Crippen MR) is 83.2 cm³/mol. The number of rotatable bonds is 3. The molecule has 2 aromatic rings. The molecule has 5 heteroatoms. The highest BCUT2D eigenvalue weighted by molar-refractivity contribution is 14.1. The van der Waals surface area contributed by atoms with Crippen molar-refractivity contribution in [3.8, 4) is 5.75 Å². The van der Waals surface area contributed by atoms with Crippen molar-refractivity contribution in [2.24, 2.45) is 5.73 Å². The Labute approximate surface area is 129 Å². The average molecular weight is 392 g/mol. The fourth-order valence-electron chi connectivity index (χ4n) is 1.77. The molecular formula is C14H12ClFINO. The highest BCUT2D eigenvalue weighted by Gasteiger charge is 2.13. The highest BCUT2D eigenvalue weighted by Crippen LogP contribution is 2.28. The van der Waals surface area contributed by atoms with Crippen molar-refractivity contribution in [3.05, 3.63) is 61.9 Å². The van der Waals surface area contributed by atoms with Crippen LogP contribution in [0.3, 0.4) is 0 Å². The van der Waals surface area contributed by atoms with Crippen molar-refractivity contribution in [2.75, 3.05) is 7.11 Å². The zero-order valence-electron chi connectivity index (χ0n) is 10.2. The van der Waals surface area contributed by atoms with Gasteiger partial charge in [-0.1, -0.05) is 23.7 Å². The molecule has 0 saturated heterocycles. The first-order valence-corrected chi connectivity index (χ1v) is 7.02. The standard InChI is InChI=1S/C14H12ClFINO/c1-19-13-5-3-9(7-11(13)16)14(18)8-2-4-12(17)10(15)6-8/h2-7,14H,18H2,1H3. The van der Waals surface area contributed by atoms with Crippen LogP contribution in [0.2, 0.25) is 5.02 Å². The van der Waals surface area contributed by atoms with E-state index < -0.39 is 11.9 Å². The quantitative estimate of drug-likeness (QED) is 0.798. The molecule has 1 unspecified atom stereocenters. The van der Waals surface area contributed by atoms with Gasteiger partial charge in [-0.25, -0.2) is 4.39 Å². The summed E-state index contributed by atoms with van der Waals surface area (Å²) in [5.74, 6) is -0.219. The van der Waals surface area contributed by atoms with Crippen molar-refractivity contribution >= 4 is 34.2 Å². The zero-order valence-corrected chi connectivity index (χ0v) is 13.1. The third-order valence-corrected chi connectivity index (χ3v) is 4.41. The van der Waals surface area contributed by atoms with Gasteiger partial charge in [0.05, 0.1) is 18.2 Å². The number of nitrogens with two attached hydrogens (primary N) is 1. The summed E-state index contributed by atoms with van der Waals surface area (Å²) >= 11 is 8.21. The Balaban J connectivity index is 2.35. The fraction of sp³-hybridized carbons (Fsp3) is 0.143. The van der Waals surface area contributed by atoms with Crippen molar-refractivity contribution in [3.63, 3.8) is 0 Å². The van der Waals surface area contributed by atoms with E-state index in [9.17, 15) is 4.39 Å². The van der Waals surface area contributed by atoms with Crippen molar-refractivity contribution in [1.29, 1.82) is 0 Å². The van der Waals surface area contributed by atoms with Gasteiger partial charge in [0.15, 0.2) is 11.6 Å². The Morgan fingerprint density at radius 2 is 1.84 bits per heavy atom. The smallest absolute Gasteiger partial charge is 0.165 e. The van der Waals surface area contributed by atoms with E-state index in [1.165, 1.54) is 13.2 Å². The molecule has 19 heavy (non-hydrogen) atoms. The predicted octanol–water partition coefficient (Wildman–Crippen LogP) is 4.14. The van der Waals surface area contributed by atoms with E-state index in [4.69, 9.17) is 22.1 Å². The molecular weight excluding hydrogens is 380 g/mol. The molecule has 0 spiro atoms. The summed E-state index contributed by atoms with van der Waals surface area (Å²) in [6.45, 7) is 0. The first-order valence-electron chi connectivity index (χ1n) is 5.57. The van der Waals surface area contributed by atoms with Crippen molar-refractivity contribution in [2.45, 2.75) is 6.04 Å². The molecule has 0 aliphatic rings. The molecule has 2 nitrogen and oxygen atoms in total. The molecule has 0 amide bonds. The number of hydrogen-bond acceptors (Lipinski definition) is 2. The van der Waals surface area contributed by atoms with Crippen LogP contribution in [0.4, 0.5) is 4.39 Å². The number of ether oxygens (including phenoxy) is 1. The minimum atomic E-state index is -0.424. The van der Waals surface area contributed by atoms with Gasteiger partial charge in [-0.05, 0) is 58.0 Å². The summed E-state index contributed by atoms with van der Waals surface area (Å²) in [5.41, 5.74) is 7.65. The third-order valence-electron chi connectivity index (χ3n) is 2.84. The summed E-state index contributed by atoms with van der Waals surface area (Å²) in [5, 5.41) is 0.641. The molecule has 100 valence electrons. The summed E-state index contributed by atoms with van der Waals surface area (Å²) in [4.78, 5) is 0. The van der Waals surface area contributed by atoms with Crippen LogP contribution < -0.4 is 10.5 Å². The van der Waals surface area contributed by atoms with Crippen molar-refractivity contribution in [1.82, 2.24) is 0 Å². The Morgan fingerprint density at radius 3 is 2.42 bits per heavy atom. The van der Waals surface area contributed by atoms with Crippen LogP contribution in [0.1, 0.15) is 17.2 Å². The van der Waals surface area contributed by atoms with E-state index >= 15 is 0 Å². The lowest BCUT2D eigenvalue weighted by atomic mass is 9.99. The minimum Gasteiger partial charge on any atom is -0.494 e. The van der Waals surface area contributed by atoms with Crippen LogP contribution in [-0.4, -0.2) is 7.11 Å². The lowest BCUT2D eigenvalue weighted by Crippen LogP contribution is -2.12. The van der Waals surface area contributed by atoms with E-state index in [0.717, 1.165) is 9.13 Å². The normalized spacial score (nSPS) is 12.3. The maximum atomic E-state index is 13.7. The lowest BCUT2D eigenvalue weighted by molar-refractivity contribution is 0.386. The fourth-order valence-corrected chi connectivity index (χ4v) is 2.30. The molecule has 0 aromatic heterocycles. The first kappa shape index (κ1) is 14.6. The van der Waals surface area contributed by atoms with Crippen LogP contribution in [0.5, 0.6) is 5.75 Å². The Morgan fingerprint density at radius 1 is 1.21 bits per heavy atom. The van der Waals surface area contributed by atoms with E-state index in [2.05, 4.69) is 22.6 Å². The Hall–Kier alpha value is -0.850. The molecule has 0 aliphatic heterocycles. The van der Waals surface area contributed by atoms with Crippen LogP contribution in [-0.2, 0) is 0 Å². The number of hydrogen-bond donors (Lipinski definition) is 1. The van der Waals surface area contributed by atoms with Gasteiger partial charge in [0.25, 0.3) is 0 Å². The second kappa shape index (κ2) is 6.07. The van der Waals surface area contributed by atoms with Gasteiger partial charge in [-0.15, -0.1) is 0 Å². The van der Waals surface area contributed by atoms with Gasteiger partial charge >= 0.3 is 0 Å². The van der Waals surface area contributed by atoms with Gasteiger partial charge < -0.3 is 10.5 Å². The molecule has 0 saturated carbocycles. The van der Waals surface area contributed by atoms with E-state index in [-0.39, 0.29) is 5.75 Å². The van der Waals surface area contributed by atoms with Crippen LogP contribution in [0.15, 0.2) is 36.4 Å². The van der Waals surface area contributed by atoms with Crippen LogP contribution in [0.25, 0.3) is 0 Å². The van der Waals surface area contributed by atoms with E-state index in [1.54, 1.807) is 18.2 Å². The molecule has 0 heterocycles. The zero-order chi connectivity index (χ0) is 14.0. The first-order chi connectivity index (χ1) is 9.02. The SMILES string of the molecule is COc1ccc(C(N)c2ccc(I)c(Cl)c2)cc1F. The van der Waals surface area contributed by atoms with E-state index in [1.807, 2.05) is 12.1 Å². The van der Waals surface area contributed by atoms with Crippen molar-refractivity contribution < 1.29 is 9.13 Å². The molecule has 2 aromatic carbocycles. The molecule has 2 rings (SSSR count). The van der Waals surface area contributed by atoms with E-state index in [0.29, 0.717) is 10.6 Å². The Bertz CT molecular complexity index is 606. The topological polar surface area (TPSA) is 35.2 Å². The van der Waals surface area contributed by atoms with Gasteiger partial charge in [0, 0.05) is 3.57 Å². The Kier molecular flexibility index (Phi) is 4.65. The summed E-state index contributed by atoms with van der Waals surface area (Å²) in [6, 6.07) is 9.86. The monoisotopic (exact) mass is 391 g/mol. The van der Waals surface area contributed by atoms with Crippen LogP contribution in [0, 0.1) is 9.39 Å². The largest absolute Gasteiger partial charge is 0.494 e. The van der Waals surface area contributed by atoms with Gasteiger partial charge in [0.2, 0.25) is 0 Å². The second-order valence-corrected chi connectivity index (χ2v) is 5.61. The third kappa shape index (κ3) is 3.19. The second-order valence-electron chi connectivity index (χ2n) is 4.05. The van der Waals surface area contributed by atoms with Crippen LogP contribution >= 0.6 is 34.2 Å². The molecule has 1 atom stereocenters. The minimum absolute atomic E-state index is 0.205. The molecule has 0 radical (unpaired) electrons. The average Bonchev–Trinajstić information content (AvgIpc) is 2.41. The highest BCUT2D eigenvalue weighted by atomic mass is 127. The van der Waals surface area contributed by atoms with Gasteiger partial charge in [-0.3, -0.25) is 0 Å². The molecule has 2 N–H and O–H groups in total. The van der Waals surface area contributed by atoms with Gasteiger partial charge in [-0.2, -0.15) is 0 Å². The summed E-state index contributed by atoms with van der Waals surface area (Å²) < 4.78 is 19.5. The number of benzene rings is 2. The van der Waals surface area contributed by atoms with Gasteiger partial charge in [0.1, 0.15) is 0 Å². The summed E-state index contributed by atoms with van der Waals surface area (Å²) in [6.07, 6.45) is 0. The summed E-state index contributed by atoms with van der Waals surface area (Å²) in [7, 11) is 1.43.